The number of nitrogens with zero attached hydrogens (tertiary/aromatic N) is 1. The summed E-state index contributed by atoms with van der Waals surface area (Å²) in [5.41, 5.74) is -1.27. The SMILES string of the molecule is CC(C)(C)OC(=O)N1CCC[C@]2(NCc3ccccc3)C(=O)C(F)(F)CCC12. The molecule has 1 N–H and O–H groups in total. The van der Waals surface area contributed by atoms with E-state index in [1.807, 2.05) is 30.3 Å². The lowest BCUT2D eigenvalue weighted by Gasteiger charge is -2.53. The molecule has 7 heteroatoms. The zero-order chi connectivity index (χ0) is 20.6. The van der Waals surface area contributed by atoms with Crippen molar-refractivity contribution in [1.29, 1.82) is 0 Å². The van der Waals surface area contributed by atoms with Gasteiger partial charge in [-0.05, 0) is 45.6 Å². The summed E-state index contributed by atoms with van der Waals surface area (Å²) in [5.74, 6) is -4.50. The molecule has 1 aromatic carbocycles. The van der Waals surface area contributed by atoms with Crippen LogP contribution in [0.25, 0.3) is 0 Å². The minimum absolute atomic E-state index is 0.0553. The van der Waals surface area contributed by atoms with E-state index in [1.54, 1.807) is 20.8 Å². The number of amides is 1. The lowest BCUT2D eigenvalue weighted by Crippen LogP contribution is -2.73. The summed E-state index contributed by atoms with van der Waals surface area (Å²) >= 11 is 0. The Balaban J connectivity index is 1.90. The molecule has 1 aliphatic heterocycles. The van der Waals surface area contributed by atoms with Gasteiger partial charge in [0.15, 0.2) is 0 Å². The minimum atomic E-state index is -3.39. The molecule has 1 unspecified atom stereocenters. The second-order valence-electron chi connectivity index (χ2n) is 8.68. The van der Waals surface area contributed by atoms with Crippen molar-refractivity contribution in [3.63, 3.8) is 0 Å². The normalized spacial score (nSPS) is 27.2. The van der Waals surface area contributed by atoms with E-state index in [0.29, 0.717) is 13.0 Å². The Kier molecular flexibility index (Phi) is 5.49. The molecule has 1 saturated heterocycles. The van der Waals surface area contributed by atoms with Gasteiger partial charge in [0, 0.05) is 19.5 Å². The lowest BCUT2D eigenvalue weighted by atomic mass is 9.69. The summed E-state index contributed by atoms with van der Waals surface area (Å²) in [6.45, 7) is 5.95. The molecule has 3 rings (SSSR count). The predicted molar refractivity (Wildman–Crippen MR) is 101 cm³/mol. The quantitative estimate of drug-likeness (QED) is 0.844. The van der Waals surface area contributed by atoms with Crippen molar-refractivity contribution in [2.75, 3.05) is 6.54 Å². The van der Waals surface area contributed by atoms with Crippen molar-refractivity contribution in [2.24, 2.45) is 0 Å². The third-order valence-electron chi connectivity index (χ3n) is 5.46. The van der Waals surface area contributed by atoms with Crippen LogP contribution in [0, 0.1) is 0 Å². The number of piperidine rings is 1. The maximum absolute atomic E-state index is 14.4. The molecular weight excluding hydrogens is 366 g/mol. The lowest BCUT2D eigenvalue weighted by molar-refractivity contribution is -0.165. The highest BCUT2D eigenvalue weighted by atomic mass is 19.3. The van der Waals surface area contributed by atoms with E-state index < -0.39 is 41.4 Å². The largest absolute Gasteiger partial charge is 0.444 e. The Morgan fingerprint density at radius 2 is 1.93 bits per heavy atom. The van der Waals surface area contributed by atoms with Gasteiger partial charge in [-0.15, -0.1) is 0 Å². The van der Waals surface area contributed by atoms with E-state index in [1.165, 1.54) is 4.90 Å². The van der Waals surface area contributed by atoms with Crippen LogP contribution in [0.4, 0.5) is 13.6 Å². The van der Waals surface area contributed by atoms with Crippen LogP contribution in [0.5, 0.6) is 0 Å². The maximum atomic E-state index is 14.4. The number of halogens is 2. The first kappa shape index (κ1) is 20.7. The number of hydrogen-bond acceptors (Lipinski definition) is 4. The Bertz CT molecular complexity index is 733. The number of ether oxygens (including phenoxy) is 1. The van der Waals surface area contributed by atoms with Gasteiger partial charge >= 0.3 is 12.0 Å². The van der Waals surface area contributed by atoms with E-state index in [-0.39, 0.29) is 19.4 Å². The van der Waals surface area contributed by atoms with Crippen molar-refractivity contribution < 1.29 is 23.1 Å². The molecule has 5 nitrogen and oxygen atoms in total. The summed E-state index contributed by atoms with van der Waals surface area (Å²) in [5, 5.41) is 3.13. The molecule has 154 valence electrons. The first-order valence-electron chi connectivity index (χ1n) is 9.76. The number of hydrogen-bond donors (Lipinski definition) is 1. The third-order valence-corrected chi connectivity index (χ3v) is 5.46. The topological polar surface area (TPSA) is 58.6 Å². The molecule has 1 heterocycles. The summed E-state index contributed by atoms with van der Waals surface area (Å²) in [4.78, 5) is 27.1. The molecule has 28 heavy (non-hydrogen) atoms. The Labute approximate surface area is 164 Å². The molecule has 1 saturated carbocycles. The van der Waals surface area contributed by atoms with E-state index in [4.69, 9.17) is 4.74 Å². The monoisotopic (exact) mass is 394 g/mol. The van der Waals surface area contributed by atoms with Gasteiger partial charge in [-0.2, -0.15) is 8.78 Å². The van der Waals surface area contributed by atoms with E-state index in [9.17, 15) is 18.4 Å². The fourth-order valence-corrected chi connectivity index (χ4v) is 4.22. The van der Waals surface area contributed by atoms with Gasteiger partial charge in [0.25, 0.3) is 0 Å². The first-order valence-corrected chi connectivity index (χ1v) is 9.76. The fourth-order valence-electron chi connectivity index (χ4n) is 4.22. The van der Waals surface area contributed by atoms with Crippen LogP contribution in [0.2, 0.25) is 0 Å². The maximum Gasteiger partial charge on any atom is 0.410 e. The van der Waals surface area contributed by atoms with Crippen molar-refractivity contribution in [2.45, 2.75) is 76.1 Å². The number of fused-ring (bicyclic) bond motifs is 1. The summed E-state index contributed by atoms with van der Waals surface area (Å²) in [6, 6.07) is 8.69. The Morgan fingerprint density at radius 1 is 1.25 bits per heavy atom. The summed E-state index contributed by atoms with van der Waals surface area (Å²) < 4.78 is 34.3. The van der Waals surface area contributed by atoms with Crippen molar-refractivity contribution in [3.8, 4) is 0 Å². The number of nitrogens with one attached hydrogen (secondary N) is 1. The molecular formula is C21H28F2N2O3. The van der Waals surface area contributed by atoms with Gasteiger partial charge in [0.2, 0.25) is 5.78 Å². The molecule has 2 fully saturated rings. The average Bonchev–Trinajstić information content (AvgIpc) is 2.63. The van der Waals surface area contributed by atoms with E-state index in [0.717, 1.165) is 5.56 Å². The number of benzene rings is 1. The van der Waals surface area contributed by atoms with Crippen LogP contribution < -0.4 is 5.32 Å². The predicted octanol–water partition coefficient (Wildman–Crippen LogP) is 3.91. The fraction of sp³-hybridized carbons (Fsp3) is 0.619. The average molecular weight is 394 g/mol. The van der Waals surface area contributed by atoms with Crippen LogP contribution in [-0.2, 0) is 16.1 Å². The number of rotatable bonds is 3. The highest BCUT2D eigenvalue weighted by molar-refractivity contribution is 5.96. The van der Waals surface area contributed by atoms with Crippen LogP contribution >= 0.6 is 0 Å². The van der Waals surface area contributed by atoms with Gasteiger partial charge in [0.1, 0.15) is 11.1 Å². The molecule has 0 spiro atoms. The van der Waals surface area contributed by atoms with Crippen LogP contribution in [0.1, 0.15) is 52.0 Å². The smallest absolute Gasteiger partial charge is 0.410 e. The molecule has 1 aliphatic carbocycles. The van der Waals surface area contributed by atoms with Crippen LogP contribution in [0.15, 0.2) is 30.3 Å². The van der Waals surface area contributed by atoms with Gasteiger partial charge in [-0.3, -0.25) is 10.1 Å². The summed E-state index contributed by atoms with van der Waals surface area (Å²) in [6.07, 6.45) is -0.317. The number of likely N-dealkylation sites (tertiary alicyclic amines) is 1. The number of carbonyl (C=O) groups excluding carboxylic acids is 2. The minimum Gasteiger partial charge on any atom is -0.444 e. The van der Waals surface area contributed by atoms with E-state index >= 15 is 0 Å². The highest BCUT2D eigenvalue weighted by Crippen LogP contribution is 2.43. The van der Waals surface area contributed by atoms with Gasteiger partial charge in [-0.25, -0.2) is 4.79 Å². The number of ketones is 1. The zero-order valence-electron chi connectivity index (χ0n) is 16.6. The van der Waals surface area contributed by atoms with Gasteiger partial charge < -0.3 is 9.64 Å². The Morgan fingerprint density at radius 3 is 2.57 bits per heavy atom. The van der Waals surface area contributed by atoms with Crippen molar-refractivity contribution >= 4 is 11.9 Å². The van der Waals surface area contributed by atoms with Gasteiger partial charge in [-0.1, -0.05) is 30.3 Å². The molecule has 2 atom stereocenters. The molecule has 1 amide bonds. The second-order valence-corrected chi connectivity index (χ2v) is 8.68. The second kappa shape index (κ2) is 7.43. The van der Waals surface area contributed by atoms with Crippen molar-refractivity contribution in [1.82, 2.24) is 10.2 Å². The summed E-state index contributed by atoms with van der Waals surface area (Å²) in [7, 11) is 0. The Hall–Kier alpha value is -2.02. The standard InChI is InChI=1S/C21H28F2N2O3/c1-19(2,3)28-18(27)25-13-7-11-20(24-14-15-8-5-4-6-9-15)16(25)10-12-21(22,23)17(20)26/h4-6,8-9,16,24H,7,10-14H2,1-3H3/t16?,20-/m1/s1. The van der Waals surface area contributed by atoms with Crippen molar-refractivity contribution in [3.05, 3.63) is 35.9 Å². The van der Waals surface area contributed by atoms with Crippen LogP contribution in [0.3, 0.4) is 0 Å². The zero-order valence-corrected chi connectivity index (χ0v) is 16.6. The molecule has 0 bridgehead atoms. The van der Waals surface area contributed by atoms with Crippen LogP contribution in [-0.4, -0.2) is 46.4 Å². The van der Waals surface area contributed by atoms with E-state index in [2.05, 4.69) is 5.32 Å². The molecule has 1 aromatic rings. The number of alkyl halides is 2. The number of Topliss-reactive ketones (excluding diaryl/α,β-unsaturated/α-hetero) is 1. The third kappa shape index (κ3) is 4.04. The molecule has 2 aliphatic rings. The molecule has 0 aromatic heterocycles. The molecule has 0 radical (unpaired) electrons. The van der Waals surface area contributed by atoms with Gasteiger partial charge in [0.05, 0.1) is 6.04 Å². The number of carbonyl (C=O) groups is 2. The highest BCUT2D eigenvalue weighted by Gasteiger charge is 2.62. The first-order chi connectivity index (χ1) is 13.1.